The molecule has 102 valence electrons. The average Bonchev–Trinajstić information content (AvgIpc) is 2.43. The molecule has 2 N–H and O–H groups in total. The molecule has 0 saturated carbocycles. The predicted octanol–water partition coefficient (Wildman–Crippen LogP) is 3.99. The average molecular weight is 266 g/mol. The highest BCUT2D eigenvalue weighted by Crippen LogP contribution is 2.30. The van der Waals surface area contributed by atoms with E-state index in [4.69, 9.17) is 15.7 Å². The van der Waals surface area contributed by atoms with E-state index in [1.54, 1.807) is 0 Å². The molecule has 3 heteroatoms. The lowest BCUT2D eigenvalue weighted by Gasteiger charge is -2.13. The molecule has 0 unspecified atom stereocenters. The number of hydrogen-bond acceptors (Lipinski definition) is 3. The van der Waals surface area contributed by atoms with Crippen LogP contribution >= 0.6 is 0 Å². The Bertz CT molecular complexity index is 629. The smallest absolute Gasteiger partial charge is 0.133 e. The molecule has 0 aliphatic heterocycles. The molecule has 2 aromatic carbocycles. The Morgan fingerprint density at radius 1 is 1.10 bits per heavy atom. The molecule has 0 spiro atoms. The van der Waals surface area contributed by atoms with Gasteiger partial charge in [-0.25, -0.2) is 0 Å². The van der Waals surface area contributed by atoms with Crippen LogP contribution in [0.5, 0.6) is 11.5 Å². The number of benzene rings is 2. The van der Waals surface area contributed by atoms with E-state index >= 15 is 0 Å². The molecule has 0 radical (unpaired) electrons. The second kappa shape index (κ2) is 5.77. The number of aryl methyl sites for hydroxylation is 2. The Balaban J connectivity index is 2.28. The summed E-state index contributed by atoms with van der Waals surface area (Å²) in [5.74, 6) is 1.57. The zero-order valence-electron chi connectivity index (χ0n) is 12.0. The van der Waals surface area contributed by atoms with Crippen LogP contribution in [0.2, 0.25) is 0 Å². The first-order valence-corrected chi connectivity index (χ1v) is 6.56. The van der Waals surface area contributed by atoms with Gasteiger partial charge in [0.25, 0.3) is 0 Å². The molecule has 0 bridgehead atoms. The third-order valence-electron chi connectivity index (χ3n) is 3.22. The Morgan fingerprint density at radius 3 is 2.10 bits per heavy atom. The molecule has 3 nitrogen and oxygen atoms in total. The second-order valence-corrected chi connectivity index (χ2v) is 5.01. The molecule has 0 aliphatic carbocycles. The Labute approximate surface area is 119 Å². The van der Waals surface area contributed by atoms with E-state index in [0.29, 0.717) is 5.56 Å². The number of rotatable bonds is 3. The summed E-state index contributed by atoms with van der Waals surface area (Å²) >= 11 is 0. The zero-order valence-corrected chi connectivity index (χ0v) is 12.0. The summed E-state index contributed by atoms with van der Waals surface area (Å²) in [5.41, 5.74) is 9.46. The van der Waals surface area contributed by atoms with Crippen LogP contribution in [-0.2, 0) is 0 Å². The van der Waals surface area contributed by atoms with Crippen LogP contribution in [0.15, 0.2) is 36.4 Å². The van der Waals surface area contributed by atoms with Gasteiger partial charge in [-0.05, 0) is 61.7 Å². The van der Waals surface area contributed by atoms with Crippen molar-refractivity contribution in [3.05, 3.63) is 58.7 Å². The van der Waals surface area contributed by atoms with Crippen LogP contribution in [0.1, 0.15) is 35.2 Å². The van der Waals surface area contributed by atoms with Crippen molar-refractivity contribution in [3.63, 3.8) is 0 Å². The highest BCUT2D eigenvalue weighted by atomic mass is 16.5. The quantitative estimate of drug-likeness (QED) is 0.913. The molecule has 0 aliphatic rings. The lowest BCUT2D eigenvalue weighted by atomic mass is 10.1. The minimum Gasteiger partial charge on any atom is -0.457 e. The van der Waals surface area contributed by atoms with Gasteiger partial charge in [-0.15, -0.1) is 0 Å². The molecule has 0 amide bonds. The van der Waals surface area contributed by atoms with Crippen LogP contribution in [0, 0.1) is 25.2 Å². The summed E-state index contributed by atoms with van der Waals surface area (Å²) in [6.07, 6.45) is 0. The Kier molecular flexibility index (Phi) is 4.07. The number of nitrogens with zero attached hydrogens (tertiary/aromatic N) is 1. The molecular formula is C17H18N2O. The second-order valence-electron chi connectivity index (χ2n) is 5.01. The number of ether oxygens (including phenoxy) is 1. The SMILES string of the molecule is Cc1cc(C#N)cc(C)c1Oc1ccc([C@H](C)N)cc1. The Morgan fingerprint density at radius 2 is 1.65 bits per heavy atom. The first kappa shape index (κ1) is 14.1. The van der Waals surface area contributed by atoms with Gasteiger partial charge in [0.15, 0.2) is 0 Å². The third kappa shape index (κ3) is 2.98. The van der Waals surface area contributed by atoms with E-state index in [-0.39, 0.29) is 6.04 Å². The van der Waals surface area contributed by atoms with Crippen molar-refractivity contribution in [2.45, 2.75) is 26.8 Å². The van der Waals surface area contributed by atoms with E-state index in [1.807, 2.05) is 57.2 Å². The third-order valence-corrected chi connectivity index (χ3v) is 3.22. The molecular weight excluding hydrogens is 248 g/mol. The van der Waals surface area contributed by atoms with Gasteiger partial charge in [-0.1, -0.05) is 12.1 Å². The van der Waals surface area contributed by atoms with Gasteiger partial charge in [-0.3, -0.25) is 0 Å². The number of hydrogen-bond donors (Lipinski definition) is 1. The molecule has 0 saturated heterocycles. The van der Waals surface area contributed by atoms with E-state index in [9.17, 15) is 0 Å². The number of nitrogens with two attached hydrogens (primary N) is 1. The standard InChI is InChI=1S/C17H18N2O/c1-11-8-14(10-18)9-12(2)17(11)20-16-6-4-15(5-7-16)13(3)19/h4-9,13H,19H2,1-3H3/t13-/m0/s1. The first-order chi connectivity index (χ1) is 9.51. The van der Waals surface area contributed by atoms with E-state index < -0.39 is 0 Å². The summed E-state index contributed by atoms with van der Waals surface area (Å²) < 4.78 is 5.92. The molecule has 1 atom stereocenters. The van der Waals surface area contributed by atoms with Crippen molar-refractivity contribution in [1.29, 1.82) is 5.26 Å². The summed E-state index contributed by atoms with van der Waals surface area (Å²) in [6.45, 7) is 5.84. The molecule has 2 rings (SSSR count). The van der Waals surface area contributed by atoms with Crippen LogP contribution in [0.4, 0.5) is 0 Å². The van der Waals surface area contributed by atoms with Gasteiger partial charge in [0.2, 0.25) is 0 Å². The maximum Gasteiger partial charge on any atom is 0.133 e. The van der Waals surface area contributed by atoms with Crippen molar-refractivity contribution in [3.8, 4) is 17.6 Å². The van der Waals surface area contributed by atoms with Gasteiger partial charge in [0.1, 0.15) is 11.5 Å². The first-order valence-electron chi connectivity index (χ1n) is 6.56. The van der Waals surface area contributed by atoms with Crippen molar-refractivity contribution in [2.75, 3.05) is 0 Å². The summed E-state index contributed by atoms with van der Waals surface area (Å²) in [4.78, 5) is 0. The fraction of sp³-hybridized carbons (Fsp3) is 0.235. The zero-order chi connectivity index (χ0) is 14.7. The van der Waals surface area contributed by atoms with Crippen LogP contribution in [-0.4, -0.2) is 0 Å². The van der Waals surface area contributed by atoms with Crippen molar-refractivity contribution < 1.29 is 4.74 Å². The van der Waals surface area contributed by atoms with Crippen LogP contribution < -0.4 is 10.5 Å². The predicted molar refractivity (Wildman–Crippen MR) is 79.7 cm³/mol. The summed E-state index contributed by atoms with van der Waals surface area (Å²) in [5, 5.41) is 8.95. The van der Waals surface area contributed by atoms with Crippen LogP contribution in [0.3, 0.4) is 0 Å². The van der Waals surface area contributed by atoms with Crippen molar-refractivity contribution in [2.24, 2.45) is 5.73 Å². The van der Waals surface area contributed by atoms with Crippen molar-refractivity contribution in [1.82, 2.24) is 0 Å². The Hall–Kier alpha value is -2.31. The van der Waals surface area contributed by atoms with Crippen molar-refractivity contribution >= 4 is 0 Å². The van der Waals surface area contributed by atoms with Gasteiger partial charge in [0, 0.05) is 6.04 Å². The van der Waals surface area contributed by atoms with E-state index in [0.717, 1.165) is 28.2 Å². The van der Waals surface area contributed by atoms with Gasteiger partial charge < -0.3 is 10.5 Å². The maximum atomic E-state index is 8.95. The molecule has 2 aromatic rings. The van der Waals surface area contributed by atoms with Gasteiger partial charge in [-0.2, -0.15) is 5.26 Å². The normalized spacial score (nSPS) is 11.8. The summed E-state index contributed by atoms with van der Waals surface area (Å²) in [7, 11) is 0. The molecule has 20 heavy (non-hydrogen) atoms. The minimum absolute atomic E-state index is 0.0161. The largest absolute Gasteiger partial charge is 0.457 e. The monoisotopic (exact) mass is 266 g/mol. The molecule has 0 aromatic heterocycles. The topological polar surface area (TPSA) is 59.0 Å². The lowest BCUT2D eigenvalue weighted by Crippen LogP contribution is -2.04. The maximum absolute atomic E-state index is 8.95. The fourth-order valence-electron chi connectivity index (χ4n) is 2.13. The number of nitriles is 1. The molecule has 0 fully saturated rings. The fourth-order valence-corrected chi connectivity index (χ4v) is 2.13. The lowest BCUT2D eigenvalue weighted by molar-refractivity contribution is 0.474. The highest BCUT2D eigenvalue weighted by Gasteiger charge is 2.08. The molecule has 0 heterocycles. The van der Waals surface area contributed by atoms with Gasteiger partial charge >= 0.3 is 0 Å². The van der Waals surface area contributed by atoms with Gasteiger partial charge in [0.05, 0.1) is 11.6 Å². The minimum atomic E-state index is 0.0161. The van der Waals surface area contributed by atoms with Crippen LogP contribution in [0.25, 0.3) is 0 Å². The highest BCUT2D eigenvalue weighted by molar-refractivity contribution is 5.49. The van der Waals surface area contributed by atoms with E-state index in [1.165, 1.54) is 0 Å². The summed E-state index contributed by atoms with van der Waals surface area (Å²) in [6, 6.07) is 13.6. The van der Waals surface area contributed by atoms with E-state index in [2.05, 4.69) is 6.07 Å².